The third-order valence-electron chi connectivity index (χ3n) is 6.30. The van der Waals surface area contributed by atoms with E-state index in [1.807, 2.05) is 4.90 Å². The van der Waals surface area contributed by atoms with Crippen LogP contribution in [-0.4, -0.2) is 36.2 Å². The first-order valence-corrected chi connectivity index (χ1v) is 11.6. The smallest absolute Gasteiger partial charge is 0.338 e. The standard InChI is InChI=1S/C23H29NO4S/c1-15-2-7-17(8-3-15)21(25)24(18-10-12-28-13-11-18)22-20(23(26)27)14-19(29-22)9-6-16-4-5-16/h14-18H,2-5,7-8,10-13H2,1H3,(H,26,27). The van der Waals surface area contributed by atoms with Crippen molar-refractivity contribution in [2.75, 3.05) is 18.1 Å². The zero-order chi connectivity index (χ0) is 20.4. The highest BCUT2D eigenvalue weighted by molar-refractivity contribution is 7.17. The summed E-state index contributed by atoms with van der Waals surface area (Å²) in [5.41, 5.74) is 0.208. The lowest BCUT2D eigenvalue weighted by molar-refractivity contribution is -0.124. The van der Waals surface area contributed by atoms with Crippen molar-refractivity contribution in [3.63, 3.8) is 0 Å². The summed E-state index contributed by atoms with van der Waals surface area (Å²) in [4.78, 5) is 28.2. The summed E-state index contributed by atoms with van der Waals surface area (Å²) in [7, 11) is 0. The topological polar surface area (TPSA) is 66.8 Å². The molecule has 5 nitrogen and oxygen atoms in total. The monoisotopic (exact) mass is 415 g/mol. The van der Waals surface area contributed by atoms with Crippen molar-refractivity contribution >= 4 is 28.2 Å². The van der Waals surface area contributed by atoms with E-state index in [2.05, 4.69) is 18.8 Å². The van der Waals surface area contributed by atoms with E-state index in [1.54, 1.807) is 6.07 Å². The minimum absolute atomic E-state index is 0.00316. The Morgan fingerprint density at radius 3 is 2.41 bits per heavy atom. The lowest BCUT2D eigenvalue weighted by Crippen LogP contribution is -2.47. The van der Waals surface area contributed by atoms with Gasteiger partial charge in [0.25, 0.3) is 0 Å². The molecule has 0 atom stereocenters. The number of carboxylic acid groups (broad SMARTS) is 1. The molecule has 1 aromatic heterocycles. The van der Waals surface area contributed by atoms with Gasteiger partial charge in [-0.05, 0) is 63.4 Å². The van der Waals surface area contributed by atoms with Crippen molar-refractivity contribution < 1.29 is 19.4 Å². The number of carboxylic acids is 1. The minimum atomic E-state index is -0.988. The van der Waals surface area contributed by atoms with E-state index in [1.165, 1.54) is 11.3 Å². The molecule has 0 bridgehead atoms. The maximum Gasteiger partial charge on any atom is 0.338 e. The maximum absolute atomic E-state index is 13.6. The van der Waals surface area contributed by atoms with Crippen LogP contribution in [0, 0.1) is 29.6 Å². The van der Waals surface area contributed by atoms with Crippen LogP contribution in [0.4, 0.5) is 5.00 Å². The highest BCUT2D eigenvalue weighted by Crippen LogP contribution is 2.39. The molecule has 1 aromatic rings. The summed E-state index contributed by atoms with van der Waals surface area (Å²) < 4.78 is 5.51. The maximum atomic E-state index is 13.6. The first kappa shape index (κ1) is 20.4. The number of nitrogens with zero attached hydrogens (tertiary/aromatic N) is 1. The lowest BCUT2D eigenvalue weighted by atomic mass is 9.82. The molecule has 2 saturated carbocycles. The summed E-state index contributed by atoms with van der Waals surface area (Å²) >= 11 is 1.36. The zero-order valence-electron chi connectivity index (χ0n) is 17.0. The molecule has 156 valence electrons. The van der Waals surface area contributed by atoms with Crippen molar-refractivity contribution in [1.29, 1.82) is 0 Å². The first-order chi connectivity index (χ1) is 14.0. The van der Waals surface area contributed by atoms with E-state index in [4.69, 9.17) is 4.74 Å². The Morgan fingerprint density at radius 1 is 1.10 bits per heavy atom. The number of amides is 1. The number of aromatic carboxylic acids is 1. The van der Waals surface area contributed by atoms with Gasteiger partial charge in [-0.25, -0.2) is 4.79 Å². The molecule has 29 heavy (non-hydrogen) atoms. The Labute approximate surface area is 176 Å². The van der Waals surface area contributed by atoms with E-state index < -0.39 is 5.97 Å². The molecule has 1 N–H and O–H groups in total. The van der Waals surface area contributed by atoms with E-state index in [-0.39, 0.29) is 23.4 Å². The fourth-order valence-electron chi connectivity index (χ4n) is 4.27. The third kappa shape index (κ3) is 4.84. The van der Waals surface area contributed by atoms with Crippen LogP contribution in [0.15, 0.2) is 6.07 Å². The Morgan fingerprint density at radius 2 is 1.79 bits per heavy atom. The van der Waals surface area contributed by atoms with E-state index in [0.717, 1.165) is 56.2 Å². The second kappa shape index (κ2) is 8.89. The van der Waals surface area contributed by atoms with Gasteiger partial charge in [-0.2, -0.15) is 0 Å². The molecular formula is C23H29NO4S. The van der Waals surface area contributed by atoms with Crippen LogP contribution in [0.3, 0.4) is 0 Å². The summed E-state index contributed by atoms with van der Waals surface area (Å²) in [6, 6.07) is 1.65. The highest BCUT2D eigenvalue weighted by Gasteiger charge is 2.36. The second-order valence-electron chi connectivity index (χ2n) is 8.69. The van der Waals surface area contributed by atoms with Gasteiger partial charge in [0.2, 0.25) is 5.91 Å². The number of thiophene rings is 1. The predicted molar refractivity (Wildman–Crippen MR) is 113 cm³/mol. The number of hydrogen-bond acceptors (Lipinski definition) is 4. The van der Waals surface area contributed by atoms with Gasteiger partial charge in [0, 0.05) is 31.1 Å². The van der Waals surface area contributed by atoms with Gasteiger partial charge in [0.1, 0.15) is 5.00 Å². The molecule has 6 heteroatoms. The zero-order valence-corrected chi connectivity index (χ0v) is 17.8. The highest BCUT2D eigenvalue weighted by atomic mass is 32.1. The van der Waals surface area contributed by atoms with Crippen LogP contribution in [0.5, 0.6) is 0 Å². The molecule has 0 unspecified atom stereocenters. The lowest BCUT2D eigenvalue weighted by Gasteiger charge is -2.37. The quantitative estimate of drug-likeness (QED) is 0.733. The molecule has 1 saturated heterocycles. The molecule has 3 aliphatic rings. The van der Waals surface area contributed by atoms with Crippen molar-refractivity contribution in [3.05, 3.63) is 16.5 Å². The second-order valence-corrected chi connectivity index (χ2v) is 9.72. The molecule has 0 spiro atoms. The van der Waals surface area contributed by atoms with Crippen LogP contribution in [0.1, 0.15) is 73.5 Å². The molecule has 0 aromatic carbocycles. The number of carbonyl (C=O) groups is 2. The van der Waals surface area contributed by atoms with Gasteiger partial charge < -0.3 is 9.84 Å². The molecular weight excluding hydrogens is 386 g/mol. The van der Waals surface area contributed by atoms with Gasteiger partial charge in [-0.3, -0.25) is 9.69 Å². The summed E-state index contributed by atoms with van der Waals surface area (Å²) in [6.45, 7) is 3.46. The fourth-order valence-corrected chi connectivity index (χ4v) is 5.36. The van der Waals surface area contributed by atoms with Gasteiger partial charge >= 0.3 is 5.97 Å². The van der Waals surface area contributed by atoms with E-state index >= 15 is 0 Å². The Bertz CT molecular complexity index is 818. The van der Waals surface area contributed by atoms with Crippen molar-refractivity contribution in [1.82, 2.24) is 0 Å². The molecule has 0 radical (unpaired) electrons. The normalized spacial score (nSPS) is 25.1. The molecule has 1 aliphatic heterocycles. The summed E-state index contributed by atoms with van der Waals surface area (Å²) in [6.07, 6.45) is 7.65. The fraction of sp³-hybridized carbons (Fsp3) is 0.652. The van der Waals surface area contributed by atoms with E-state index in [9.17, 15) is 14.7 Å². The summed E-state index contributed by atoms with van der Waals surface area (Å²) in [5, 5.41) is 10.4. The number of ether oxygens (including phenoxy) is 1. The van der Waals surface area contributed by atoms with Crippen LogP contribution >= 0.6 is 11.3 Å². The molecule has 2 heterocycles. The van der Waals surface area contributed by atoms with Gasteiger partial charge in [0.15, 0.2) is 0 Å². The van der Waals surface area contributed by atoms with Crippen LogP contribution < -0.4 is 4.90 Å². The Hall–Kier alpha value is -1.84. The van der Waals surface area contributed by atoms with E-state index in [0.29, 0.717) is 30.1 Å². The number of carbonyl (C=O) groups excluding carboxylic acids is 1. The molecule has 3 fully saturated rings. The Kier molecular flexibility index (Phi) is 6.26. The summed E-state index contributed by atoms with van der Waals surface area (Å²) in [5.74, 6) is 6.56. The average Bonchev–Trinajstić information content (AvgIpc) is 3.46. The van der Waals surface area contributed by atoms with Gasteiger partial charge in [-0.1, -0.05) is 18.8 Å². The van der Waals surface area contributed by atoms with Crippen molar-refractivity contribution in [2.24, 2.45) is 17.8 Å². The van der Waals surface area contributed by atoms with Gasteiger partial charge in [0.05, 0.1) is 10.4 Å². The Balaban J connectivity index is 1.67. The SMILES string of the molecule is CC1CCC(C(=O)N(c2sc(C#CC3CC3)cc2C(=O)O)C2CCOCC2)CC1. The number of rotatable bonds is 4. The van der Waals surface area contributed by atoms with Crippen LogP contribution in [-0.2, 0) is 9.53 Å². The molecule has 4 rings (SSSR count). The number of anilines is 1. The van der Waals surface area contributed by atoms with Crippen LogP contribution in [0.25, 0.3) is 0 Å². The largest absolute Gasteiger partial charge is 0.478 e. The van der Waals surface area contributed by atoms with Crippen LogP contribution in [0.2, 0.25) is 0 Å². The van der Waals surface area contributed by atoms with Crippen molar-refractivity contribution in [3.8, 4) is 11.8 Å². The third-order valence-corrected chi connectivity index (χ3v) is 7.35. The molecule has 2 aliphatic carbocycles. The average molecular weight is 416 g/mol. The molecule has 1 amide bonds. The first-order valence-electron chi connectivity index (χ1n) is 10.8. The number of hydrogen-bond donors (Lipinski definition) is 1. The minimum Gasteiger partial charge on any atom is -0.478 e. The predicted octanol–water partition coefficient (Wildman–Crippen LogP) is 4.55. The van der Waals surface area contributed by atoms with Gasteiger partial charge in [-0.15, -0.1) is 11.3 Å². The van der Waals surface area contributed by atoms with Crippen molar-refractivity contribution in [2.45, 2.75) is 64.3 Å².